The first-order valence-corrected chi connectivity index (χ1v) is 9.99. The highest BCUT2D eigenvalue weighted by Gasteiger charge is 2.24. The third-order valence-corrected chi connectivity index (χ3v) is 5.58. The molecule has 0 saturated carbocycles. The molecule has 4 aromatic rings. The third-order valence-electron chi connectivity index (χ3n) is 4.75. The number of carbonyl (C=O) groups excluding carboxylic acids is 1. The molecule has 0 unspecified atom stereocenters. The summed E-state index contributed by atoms with van der Waals surface area (Å²) in [6.07, 6.45) is 0. The molecule has 0 fully saturated rings. The number of aromatic nitrogens is 3. The Labute approximate surface area is 166 Å². The molecule has 1 amide bonds. The molecule has 28 heavy (non-hydrogen) atoms. The van der Waals surface area contributed by atoms with Crippen LogP contribution in [-0.2, 0) is 11.3 Å². The molecule has 5 rings (SSSR count). The Bertz CT molecular complexity index is 1190. The van der Waals surface area contributed by atoms with Gasteiger partial charge in [0.2, 0.25) is 11.1 Å². The molecule has 1 aromatic heterocycles. The molecule has 0 bridgehead atoms. The first-order chi connectivity index (χ1) is 13.8. The Morgan fingerprint density at radius 3 is 2.39 bits per heavy atom. The number of amides is 1. The van der Waals surface area contributed by atoms with Gasteiger partial charge in [-0.15, -0.1) is 10.2 Å². The molecule has 0 atom stereocenters. The standard InChI is InChI=1S/C22H16N4OS/c27-18(23-12-14-6-2-1-3-7-14)13-28-22-24-20-16-10-4-8-15-9-5-11-17(19(15)16)21(20)25-26-22/h1-11H,12-13H2,(H,23,27). The lowest BCUT2D eigenvalue weighted by Crippen LogP contribution is -2.24. The summed E-state index contributed by atoms with van der Waals surface area (Å²) in [5, 5.41) is 14.4. The van der Waals surface area contributed by atoms with Gasteiger partial charge in [-0.05, 0) is 10.9 Å². The monoisotopic (exact) mass is 384 g/mol. The number of nitrogens with zero attached hydrogens (tertiary/aromatic N) is 3. The summed E-state index contributed by atoms with van der Waals surface area (Å²) >= 11 is 1.30. The fourth-order valence-corrected chi connectivity index (χ4v) is 4.07. The van der Waals surface area contributed by atoms with E-state index in [1.54, 1.807) is 0 Å². The van der Waals surface area contributed by atoms with Crippen LogP contribution in [-0.4, -0.2) is 26.8 Å². The molecule has 6 heteroatoms. The van der Waals surface area contributed by atoms with Crippen molar-refractivity contribution < 1.29 is 4.79 Å². The topological polar surface area (TPSA) is 67.8 Å². The average Bonchev–Trinajstić information content (AvgIpc) is 3.07. The van der Waals surface area contributed by atoms with Gasteiger partial charge in [0, 0.05) is 23.1 Å². The van der Waals surface area contributed by atoms with Crippen molar-refractivity contribution >= 4 is 28.4 Å². The van der Waals surface area contributed by atoms with Crippen LogP contribution in [0.1, 0.15) is 5.56 Å². The van der Waals surface area contributed by atoms with Crippen molar-refractivity contribution in [2.75, 3.05) is 5.75 Å². The minimum absolute atomic E-state index is 0.0525. The van der Waals surface area contributed by atoms with E-state index in [-0.39, 0.29) is 11.7 Å². The van der Waals surface area contributed by atoms with Crippen molar-refractivity contribution in [3.63, 3.8) is 0 Å². The number of carbonyl (C=O) groups is 1. The van der Waals surface area contributed by atoms with Crippen molar-refractivity contribution in [3.8, 4) is 22.5 Å². The number of fused-ring (bicyclic) bond motifs is 3. The van der Waals surface area contributed by atoms with Crippen molar-refractivity contribution in [1.82, 2.24) is 20.5 Å². The third kappa shape index (κ3) is 3.01. The molecule has 0 aliphatic heterocycles. The molecule has 0 saturated heterocycles. The number of hydrogen-bond acceptors (Lipinski definition) is 5. The van der Waals surface area contributed by atoms with Crippen LogP contribution in [0.5, 0.6) is 0 Å². The minimum Gasteiger partial charge on any atom is -0.351 e. The second-order valence-electron chi connectivity index (χ2n) is 6.55. The first kappa shape index (κ1) is 16.9. The van der Waals surface area contributed by atoms with Gasteiger partial charge in [-0.25, -0.2) is 4.98 Å². The highest BCUT2D eigenvalue weighted by molar-refractivity contribution is 7.99. The van der Waals surface area contributed by atoms with Crippen LogP contribution in [0.25, 0.3) is 33.3 Å². The van der Waals surface area contributed by atoms with E-state index in [9.17, 15) is 4.79 Å². The number of thioether (sulfide) groups is 1. The van der Waals surface area contributed by atoms with Crippen LogP contribution in [0.2, 0.25) is 0 Å². The maximum atomic E-state index is 12.1. The first-order valence-electron chi connectivity index (χ1n) is 9.00. The molecule has 1 N–H and O–H groups in total. The van der Waals surface area contributed by atoms with Gasteiger partial charge in [0.05, 0.1) is 5.75 Å². The SMILES string of the molecule is O=C(CSc1nnc2c(n1)-c1cccc3cccc-2c13)NCc1ccccc1. The van der Waals surface area contributed by atoms with E-state index in [4.69, 9.17) is 4.98 Å². The molecule has 3 aromatic carbocycles. The van der Waals surface area contributed by atoms with Crippen LogP contribution in [0.4, 0.5) is 0 Å². The second-order valence-corrected chi connectivity index (χ2v) is 7.49. The predicted molar refractivity (Wildman–Crippen MR) is 111 cm³/mol. The summed E-state index contributed by atoms with van der Waals surface area (Å²) < 4.78 is 0. The number of hydrogen-bond donors (Lipinski definition) is 1. The van der Waals surface area contributed by atoms with E-state index in [0.717, 1.165) is 28.1 Å². The van der Waals surface area contributed by atoms with Gasteiger partial charge in [0.1, 0.15) is 11.4 Å². The van der Waals surface area contributed by atoms with E-state index in [0.29, 0.717) is 11.7 Å². The van der Waals surface area contributed by atoms with Gasteiger partial charge in [0.25, 0.3) is 0 Å². The Morgan fingerprint density at radius 1 is 0.857 bits per heavy atom. The lowest BCUT2D eigenvalue weighted by Gasteiger charge is -2.05. The van der Waals surface area contributed by atoms with E-state index in [2.05, 4.69) is 39.8 Å². The molecule has 1 heterocycles. The van der Waals surface area contributed by atoms with Crippen LogP contribution in [0.3, 0.4) is 0 Å². The van der Waals surface area contributed by atoms with E-state index in [1.165, 1.54) is 22.5 Å². The summed E-state index contributed by atoms with van der Waals surface area (Å²) in [5.41, 5.74) is 4.87. The van der Waals surface area contributed by atoms with Gasteiger partial charge < -0.3 is 5.32 Å². The number of nitrogens with one attached hydrogen (secondary N) is 1. The zero-order valence-corrected chi connectivity index (χ0v) is 15.7. The Balaban J connectivity index is 1.31. The lowest BCUT2D eigenvalue weighted by molar-refractivity contribution is -0.118. The highest BCUT2D eigenvalue weighted by atomic mass is 32.2. The Hall–Kier alpha value is -3.25. The van der Waals surface area contributed by atoms with Crippen molar-refractivity contribution in [2.45, 2.75) is 11.7 Å². The molecular weight excluding hydrogens is 368 g/mol. The van der Waals surface area contributed by atoms with Crippen LogP contribution in [0, 0.1) is 0 Å². The smallest absolute Gasteiger partial charge is 0.230 e. The fraction of sp³-hybridized carbons (Fsp3) is 0.0909. The molecule has 0 spiro atoms. The van der Waals surface area contributed by atoms with E-state index < -0.39 is 0 Å². The quantitative estimate of drug-likeness (QED) is 0.463. The molecule has 1 aliphatic rings. The minimum atomic E-state index is -0.0525. The van der Waals surface area contributed by atoms with E-state index >= 15 is 0 Å². The maximum Gasteiger partial charge on any atom is 0.230 e. The van der Waals surface area contributed by atoms with Gasteiger partial charge >= 0.3 is 0 Å². The van der Waals surface area contributed by atoms with Gasteiger partial charge in [-0.3, -0.25) is 4.79 Å². The molecule has 5 nitrogen and oxygen atoms in total. The lowest BCUT2D eigenvalue weighted by atomic mass is 10.0. The molecule has 1 aliphatic carbocycles. The molecule has 136 valence electrons. The zero-order chi connectivity index (χ0) is 18.9. The van der Waals surface area contributed by atoms with Crippen molar-refractivity contribution in [2.24, 2.45) is 0 Å². The van der Waals surface area contributed by atoms with E-state index in [1.807, 2.05) is 42.5 Å². The molecular formula is C22H16N4OS. The maximum absolute atomic E-state index is 12.1. The number of rotatable bonds is 5. The Morgan fingerprint density at radius 2 is 1.61 bits per heavy atom. The fourth-order valence-electron chi connectivity index (χ4n) is 3.45. The largest absolute Gasteiger partial charge is 0.351 e. The summed E-state index contributed by atoms with van der Waals surface area (Å²) in [7, 11) is 0. The number of benzene rings is 3. The van der Waals surface area contributed by atoms with Gasteiger partial charge in [-0.1, -0.05) is 78.5 Å². The predicted octanol–water partition coefficient (Wildman–Crippen LogP) is 4.08. The molecule has 0 radical (unpaired) electrons. The van der Waals surface area contributed by atoms with Crippen LogP contribution >= 0.6 is 11.8 Å². The second kappa shape index (κ2) is 7.05. The summed E-state index contributed by atoms with van der Waals surface area (Å²) in [6, 6.07) is 22.2. The van der Waals surface area contributed by atoms with Crippen LogP contribution in [0.15, 0.2) is 71.9 Å². The van der Waals surface area contributed by atoms with Gasteiger partial charge in [0.15, 0.2) is 0 Å². The summed E-state index contributed by atoms with van der Waals surface area (Å²) in [5.74, 6) is 0.202. The van der Waals surface area contributed by atoms with Gasteiger partial charge in [-0.2, -0.15) is 0 Å². The summed E-state index contributed by atoms with van der Waals surface area (Å²) in [4.78, 5) is 16.8. The summed E-state index contributed by atoms with van der Waals surface area (Å²) in [6.45, 7) is 0.515. The van der Waals surface area contributed by atoms with Crippen LogP contribution < -0.4 is 5.32 Å². The van der Waals surface area contributed by atoms with Crippen molar-refractivity contribution in [3.05, 3.63) is 72.3 Å². The average molecular weight is 384 g/mol. The highest BCUT2D eigenvalue weighted by Crippen LogP contribution is 2.44. The Kier molecular flexibility index (Phi) is 4.25. The normalized spacial score (nSPS) is 11.4. The van der Waals surface area contributed by atoms with Crippen molar-refractivity contribution in [1.29, 1.82) is 0 Å². The zero-order valence-electron chi connectivity index (χ0n) is 14.9.